The van der Waals surface area contributed by atoms with Crippen LogP contribution in [0.3, 0.4) is 0 Å². The lowest BCUT2D eigenvalue weighted by Gasteiger charge is -2.13. The molecule has 1 atom stereocenters. The molecule has 5 nitrogen and oxygen atoms in total. The molecule has 2 aromatic heterocycles. The Labute approximate surface area is 170 Å². The van der Waals surface area contributed by atoms with E-state index in [1.54, 1.807) is 18.2 Å². The van der Waals surface area contributed by atoms with E-state index in [9.17, 15) is 22.2 Å². The number of nitrogens with zero attached hydrogens (tertiary/aromatic N) is 1. The molecule has 1 unspecified atom stereocenters. The lowest BCUT2D eigenvalue weighted by molar-refractivity contribution is -0.137. The number of halogens is 3. The number of alkyl halides is 3. The number of hydrogen-bond acceptors (Lipinski definition) is 4. The van der Waals surface area contributed by atoms with Crippen LogP contribution in [0.4, 0.5) is 18.9 Å². The third kappa shape index (κ3) is 3.84. The molecule has 0 bridgehead atoms. The zero-order valence-corrected chi connectivity index (χ0v) is 16.0. The molecule has 0 fully saturated rings. The molecule has 1 N–H and O–H groups in total. The van der Waals surface area contributed by atoms with E-state index < -0.39 is 28.2 Å². The molecule has 0 amide bonds. The number of aromatic nitrogens is 1. The van der Waals surface area contributed by atoms with Crippen LogP contribution in [0.1, 0.15) is 5.56 Å². The van der Waals surface area contributed by atoms with Crippen molar-refractivity contribution in [3.63, 3.8) is 0 Å². The van der Waals surface area contributed by atoms with Crippen molar-refractivity contribution >= 4 is 27.6 Å². The highest BCUT2D eigenvalue weighted by Gasteiger charge is 2.34. The Morgan fingerprint density at radius 1 is 1.00 bits per heavy atom. The fraction of sp³-hybridized carbons (Fsp3) is 0.0476. The summed E-state index contributed by atoms with van der Waals surface area (Å²) in [4.78, 5) is 16.9. The van der Waals surface area contributed by atoms with Crippen LogP contribution in [-0.2, 0) is 17.2 Å². The molecule has 2 heterocycles. The highest BCUT2D eigenvalue weighted by Crippen LogP contribution is 2.37. The van der Waals surface area contributed by atoms with Crippen LogP contribution in [0.2, 0.25) is 0 Å². The number of nitrogens with one attached hydrogen (secondary N) is 1. The number of para-hydroxylation sites is 1. The minimum Gasteiger partial charge on any atom is -0.454 e. The van der Waals surface area contributed by atoms with E-state index >= 15 is 0 Å². The summed E-state index contributed by atoms with van der Waals surface area (Å²) in [6, 6.07) is 13.6. The van der Waals surface area contributed by atoms with Crippen molar-refractivity contribution in [1.82, 2.24) is 4.98 Å². The fourth-order valence-corrected chi connectivity index (χ4v) is 3.79. The van der Waals surface area contributed by atoms with Gasteiger partial charge >= 0.3 is 6.18 Å². The summed E-state index contributed by atoms with van der Waals surface area (Å²) >= 11 is 0. The standard InChI is InChI=1S/C21H13F3N2O3S/c22-21(23,24)16-8-2-1-6-14(16)19-11-18(27)15-7-3-9-17(20(15)29-19)26-30(28)13-5-4-10-25-12-13/h1-12,26H. The summed E-state index contributed by atoms with van der Waals surface area (Å²) < 4.78 is 61.3. The molecule has 0 aliphatic rings. The highest BCUT2D eigenvalue weighted by atomic mass is 32.2. The van der Waals surface area contributed by atoms with Crippen molar-refractivity contribution < 1.29 is 21.8 Å². The van der Waals surface area contributed by atoms with Gasteiger partial charge in [-0.1, -0.05) is 24.3 Å². The van der Waals surface area contributed by atoms with Crippen LogP contribution < -0.4 is 10.2 Å². The summed E-state index contributed by atoms with van der Waals surface area (Å²) in [5.41, 5.74) is -1.48. The van der Waals surface area contributed by atoms with E-state index in [-0.39, 0.29) is 28.0 Å². The summed E-state index contributed by atoms with van der Waals surface area (Å²) in [5, 5.41) is 0.149. The first-order valence-electron chi connectivity index (χ1n) is 8.66. The average molecular weight is 430 g/mol. The van der Waals surface area contributed by atoms with Gasteiger partial charge in [-0.25, -0.2) is 4.21 Å². The van der Waals surface area contributed by atoms with Gasteiger partial charge in [0.15, 0.2) is 22.0 Å². The quantitative estimate of drug-likeness (QED) is 0.494. The molecule has 9 heteroatoms. The molecule has 0 aliphatic heterocycles. The van der Waals surface area contributed by atoms with Crippen LogP contribution in [0.25, 0.3) is 22.3 Å². The molecular formula is C21H13F3N2O3S. The van der Waals surface area contributed by atoms with Gasteiger partial charge in [0.2, 0.25) is 0 Å². The van der Waals surface area contributed by atoms with Crippen molar-refractivity contribution in [2.45, 2.75) is 11.1 Å². The SMILES string of the molecule is O=c1cc(-c2ccccc2C(F)(F)F)oc2c(NS(=O)c3cccnc3)cccc12. The van der Waals surface area contributed by atoms with Crippen molar-refractivity contribution in [3.05, 3.63) is 88.8 Å². The average Bonchev–Trinajstić information content (AvgIpc) is 2.74. The largest absolute Gasteiger partial charge is 0.454 e. The number of rotatable bonds is 4. The molecule has 0 spiro atoms. The number of pyridine rings is 1. The van der Waals surface area contributed by atoms with Gasteiger partial charge in [-0.15, -0.1) is 0 Å². The summed E-state index contributed by atoms with van der Waals surface area (Å²) in [7, 11) is -1.72. The predicted molar refractivity (Wildman–Crippen MR) is 107 cm³/mol. The maximum Gasteiger partial charge on any atom is 0.417 e. The number of fused-ring (bicyclic) bond motifs is 1. The molecule has 30 heavy (non-hydrogen) atoms. The van der Waals surface area contributed by atoms with Crippen molar-refractivity contribution in [3.8, 4) is 11.3 Å². The number of benzene rings is 2. The van der Waals surface area contributed by atoms with Crippen molar-refractivity contribution in [2.75, 3.05) is 4.72 Å². The minimum absolute atomic E-state index is 0.00854. The van der Waals surface area contributed by atoms with Crippen LogP contribution in [0.5, 0.6) is 0 Å². The maximum absolute atomic E-state index is 13.4. The van der Waals surface area contributed by atoms with Crippen LogP contribution in [-0.4, -0.2) is 9.19 Å². The first kappa shape index (κ1) is 19.8. The third-order valence-electron chi connectivity index (χ3n) is 4.30. The van der Waals surface area contributed by atoms with E-state index in [1.807, 2.05) is 0 Å². The van der Waals surface area contributed by atoms with Gasteiger partial charge in [0.1, 0.15) is 5.76 Å². The van der Waals surface area contributed by atoms with E-state index in [0.29, 0.717) is 4.90 Å². The van der Waals surface area contributed by atoms with Gasteiger partial charge in [0.25, 0.3) is 0 Å². The van der Waals surface area contributed by atoms with E-state index in [2.05, 4.69) is 9.71 Å². The molecule has 4 aromatic rings. The second-order valence-electron chi connectivity index (χ2n) is 6.26. The van der Waals surface area contributed by atoms with Gasteiger partial charge in [-0.3, -0.25) is 14.5 Å². The van der Waals surface area contributed by atoms with E-state index in [4.69, 9.17) is 4.42 Å². The van der Waals surface area contributed by atoms with Crippen molar-refractivity contribution in [2.24, 2.45) is 0 Å². The highest BCUT2D eigenvalue weighted by molar-refractivity contribution is 7.86. The third-order valence-corrected chi connectivity index (χ3v) is 5.38. The molecule has 4 rings (SSSR count). The van der Waals surface area contributed by atoms with Gasteiger partial charge < -0.3 is 4.42 Å². The summed E-state index contributed by atoms with van der Waals surface area (Å²) in [5.74, 6) is -0.234. The monoisotopic (exact) mass is 430 g/mol. The maximum atomic E-state index is 13.4. The molecule has 0 saturated carbocycles. The zero-order chi connectivity index (χ0) is 21.3. The lowest BCUT2D eigenvalue weighted by atomic mass is 10.0. The normalized spacial score (nSPS) is 12.6. The van der Waals surface area contributed by atoms with Gasteiger partial charge in [0.05, 0.1) is 21.5 Å². The van der Waals surface area contributed by atoms with E-state index in [1.165, 1.54) is 42.7 Å². The predicted octanol–water partition coefficient (Wildman–Crippen LogP) is 5.01. The van der Waals surface area contributed by atoms with Gasteiger partial charge in [-0.05, 0) is 30.3 Å². The second-order valence-corrected chi connectivity index (χ2v) is 7.47. The molecule has 152 valence electrons. The van der Waals surface area contributed by atoms with Crippen LogP contribution in [0.15, 0.2) is 87.2 Å². The topological polar surface area (TPSA) is 72.2 Å². The van der Waals surface area contributed by atoms with Gasteiger partial charge in [0, 0.05) is 24.0 Å². The second kappa shape index (κ2) is 7.75. The Morgan fingerprint density at radius 2 is 1.80 bits per heavy atom. The molecule has 0 saturated heterocycles. The Balaban J connectivity index is 1.86. The van der Waals surface area contributed by atoms with Crippen LogP contribution >= 0.6 is 0 Å². The van der Waals surface area contributed by atoms with E-state index in [0.717, 1.165) is 12.1 Å². The smallest absolute Gasteiger partial charge is 0.417 e. The fourth-order valence-electron chi connectivity index (χ4n) is 2.95. The molecular weight excluding hydrogens is 417 g/mol. The first-order valence-corrected chi connectivity index (χ1v) is 9.81. The lowest BCUT2D eigenvalue weighted by Crippen LogP contribution is -2.09. The van der Waals surface area contributed by atoms with Crippen LogP contribution in [0, 0.1) is 0 Å². The molecule has 0 radical (unpaired) electrons. The number of hydrogen-bond donors (Lipinski definition) is 1. The summed E-state index contributed by atoms with van der Waals surface area (Å²) in [6.07, 6.45) is -1.68. The number of anilines is 1. The Kier molecular flexibility index (Phi) is 5.13. The molecule has 2 aromatic carbocycles. The summed E-state index contributed by atoms with van der Waals surface area (Å²) in [6.45, 7) is 0. The van der Waals surface area contributed by atoms with Gasteiger partial charge in [-0.2, -0.15) is 13.2 Å². The Bertz CT molecular complexity index is 1300. The Morgan fingerprint density at radius 3 is 2.53 bits per heavy atom. The first-order chi connectivity index (χ1) is 14.3. The zero-order valence-electron chi connectivity index (χ0n) is 15.1. The van der Waals surface area contributed by atoms with Crippen molar-refractivity contribution in [1.29, 1.82) is 0 Å². The minimum atomic E-state index is -4.62. The molecule has 0 aliphatic carbocycles. The Hall–Kier alpha value is -3.46.